The molecule has 0 aliphatic heterocycles. The molecule has 1 heterocycles. The molecular weight excluding hydrogens is 324 g/mol. The Bertz CT molecular complexity index is 913. The topological polar surface area (TPSA) is 50.2 Å². The lowest BCUT2D eigenvalue weighted by Crippen LogP contribution is -2.46. The van der Waals surface area contributed by atoms with Gasteiger partial charge in [-0.3, -0.25) is 0 Å². The molecular formula is C21H24N4O. The summed E-state index contributed by atoms with van der Waals surface area (Å²) in [4.78, 5) is 18.5. The number of carbonyl (C=O) groups excluding carboxylic acids is 1. The van der Waals surface area contributed by atoms with E-state index in [4.69, 9.17) is 0 Å². The average molecular weight is 348 g/mol. The third-order valence-corrected chi connectivity index (χ3v) is 5.26. The second kappa shape index (κ2) is 7.20. The van der Waals surface area contributed by atoms with Crippen molar-refractivity contribution in [3.8, 4) is 0 Å². The molecule has 0 spiro atoms. The van der Waals surface area contributed by atoms with Crippen molar-refractivity contribution in [1.29, 1.82) is 0 Å². The first-order valence-corrected chi connectivity index (χ1v) is 9.19. The standard InChI is InChI=1S/C21H24N4O/c1-24(18-8-5-9-18)21(26)22-13-16-6-4-7-17(12-16)14-25-15-23-19-10-2-3-11-20(19)25/h2-4,6-7,10-12,15,18H,5,8-9,13-14H2,1H3,(H,22,26). The SMILES string of the molecule is CN(C(=O)NCc1cccc(Cn2cnc3ccccc32)c1)C1CCC1. The van der Waals surface area contributed by atoms with Gasteiger partial charge in [0.05, 0.1) is 17.4 Å². The molecule has 26 heavy (non-hydrogen) atoms. The van der Waals surface area contributed by atoms with E-state index in [0.717, 1.165) is 36.0 Å². The van der Waals surface area contributed by atoms with Crippen LogP contribution in [0.1, 0.15) is 30.4 Å². The van der Waals surface area contributed by atoms with E-state index in [1.807, 2.05) is 42.5 Å². The second-order valence-corrected chi connectivity index (χ2v) is 7.04. The van der Waals surface area contributed by atoms with Crippen LogP contribution in [0, 0.1) is 0 Å². The molecule has 1 N–H and O–H groups in total. The van der Waals surface area contributed by atoms with Crippen molar-refractivity contribution < 1.29 is 4.79 Å². The van der Waals surface area contributed by atoms with Crippen LogP contribution < -0.4 is 5.32 Å². The molecule has 2 amide bonds. The van der Waals surface area contributed by atoms with E-state index in [2.05, 4.69) is 39.1 Å². The van der Waals surface area contributed by atoms with Gasteiger partial charge in [0.1, 0.15) is 0 Å². The van der Waals surface area contributed by atoms with Gasteiger partial charge in [-0.2, -0.15) is 0 Å². The van der Waals surface area contributed by atoms with Gasteiger partial charge in [-0.15, -0.1) is 0 Å². The van der Waals surface area contributed by atoms with Crippen LogP contribution in [0.3, 0.4) is 0 Å². The van der Waals surface area contributed by atoms with Gasteiger partial charge in [0.2, 0.25) is 0 Å². The molecule has 4 rings (SSSR count). The van der Waals surface area contributed by atoms with Crippen LogP contribution in [0.5, 0.6) is 0 Å². The Morgan fingerprint density at radius 1 is 1.19 bits per heavy atom. The van der Waals surface area contributed by atoms with Crippen LogP contribution in [0.4, 0.5) is 4.79 Å². The Balaban J connectivity index is 1.41. The predicted octanol–water partition coefficient (Wildman–Crippen LogP) is 3.78. The summed E-state index contributed by atoms with van der Waals surface area (Å²) < 4.78 is 2.15. The van der Waals surface area contributed by atoms with Gasteiger partial charge in [-0.05, 0) is 42.5 Å². The molecule has 0 radical (unpaired) electrons. The molecule has 1 aliphatic carbocycles. The number of imidazole rings is 1. The molecule has 1 saturated carbocycles. The van der Waals surface area contributed by atoms with Gasteiger partial charge in [-0.25, -0.2) is 9.78 Å². The van der Waals surface area contributed by atoms with E-state index in [1.165, 1.54) is 12.0 Å². The molecule has 2 aromatic carbocycles. The molecule has 1 aromatic heterocycles. The first kappa shape index (κ1) is 16.6. The molecule has 5 nitrogen and oxygen atoms in total. The van der Waals surface area contributed by atoms with Gasteiger partial charge < -0.3 is 14.8 Å². The molecule has 134 valence electrons. The number of fused-ring (bicyclic) bond motifs is 1. The number of nitrogens with zero attached hydrogens (tertiary/aromatic N) is 3. The maximum absolute atomic E-state index is 12.2. The Morgan fingerprint density at radius 3 is 2.81 bits per heavy atom. The third-order valence-electron chi connectivity index (χ3n) is 5.26. The highest BCUT2D eigenvalue weighted by Gasteiger charge is 2.25. The van der Waals surface area contributed by atoms with E-state index >= 15 is 0 Å². The number of para-hydroxylation sites is 2. The number of nitrogens with one attached hydrogen (secondary N) is 1. The zero-order valence-corrected chi connectivity index (χ0v) is 15.1. The van der Waals surface area contributed by atoms with Crippen molar-refractivity contribution >= 4 is 17.1 Å². The Morgan fingerprint density at radius 2 is 2.00 bits per heavy atom. The Labute approximate surface area is 153 Å². The lowest BCUT2D eigenvalue weighted by molar-refractivity contribution is 0.157. The van der Waals surface area contributed by atoms with Crippen molar-refractivity contribution in [1.82, 2.24) is 19.8 Å². The predicted molar refractivity (Wildman–Crippen MR) is 103 cm³/mol. The number of carbonyl (C=O) groups is 1. The summed E-state index contributed by atoms with van der Waals surface area (Å²) in [6.45, 7) is 1.32. The summed E-state index contributed by atoms with van der Waals surface area (Å²) in [6.07, 6.45) is 5.36. The number of hydrogen-bond donors (Lipinski definition) is 1. The van der Waals surface area contributed by atoms with Crippen molar-refractivity contribution in [2.75, 3.05) is 7.05 Å². The third kappa shape index (κ3) is 3.43. The fourth-order valence-electron chi connectivity index (χ4n) is 3.41. The van der Waals surface area contributed by atoms with Crippen LogP contribution in [0.15, 0.2) is 54.9 Å². The molecule has 5 heteroatoms. The number of rotatable bonds is 5. The summed E-state index contributed by atoms with van der Waals surface area (Å²) in [6, 6.07) is 16.9. The van der Waals surface area contributed by atoms with E-state index in [-0.39, 0.29) is 6.03 Å². The van der Waals surface area contributed by atoms with Crippen LogP contribution in [-0.4, -0.2) is 33.6 Å². The molecule has 1 fully saturated rings. The van der Waals surface area contributed by atoms with Crippen molar-refractivity contribution in [3.63, 3.8) is 0 Å². The number of benzene rings is 2. The molecule has 0 atom stereocenters. The minimum Gasteiger partial charge on any atom is -0.334 e. The minimum atomic E-state index is 0.0145. The van der Waals surface area contributed by atoms with E-state index in [9.17, 15) is 4.79 Å². The fourth-order valence-corrected chi connectivity index (χ4v) is 3.41. The zero-order chi connectivity index (χ0) is 17.9. The van der Waals surface area contributed by atoms with Crippen LogP contribution in [-0.2, 0) is 13.1 Å². The number of urea groups is 1. The first-order valence-electron chi connectivity index (χ1n) is 9.19. The summed E-state index contributed by atoms with van der Waals surface area (Å²) in [7, 11) is 1.89. The lowest BCUT2D eigenvalue weighted by Gasteiger charge is -2.34. The maximum Gasteiger partial charge on any atom is 0.317 e. The highest BCUT2D eigenvalue weighted by Crippen LogP contribution is 2.23. The smallest absolute Gasteiger partial charge is 0.317 e. The van der Waals surface area contributed by atoms with Crippen LogP contribution in [0.25, 0.3) is 11.0 Å². The zero-order valence-electron chi connectivity index (χ0n) is 15.1. The van der Waals surface area contributed by atoms with Crippen molar-refractivity contribution in [3.05, 3.63) is 66.0 Å². The monoisotopic (exact) mass is 348 g/mol. The molecule has 0 bridgehead atoms. The summed E-state index contributed by atoms with van der Waals surface area (Å²) in [5.74, 6) is 0. The van der Waals surface area contributed by atoms with Crippen molar-refractivity contribution in [2.45, 2.75) is 38.4 Å². The van der Waals surface area contributed by atoms with Gasteiger partial charge in [0, 0.05) is 26.2 Å². The van der Waals surface area contributed by atoms with Gasteiger partial charge in [0.25, 0.3) is 0 Å². The minimum absolute atomic E-state index is 0.0145. The number of amides is 2. The van der Waals surface area contributed by atoms with E-state index in [0.29, 0.717) is 12.6 Å². The average Bonchev–Trinajstić information content (AvgIpc) is 3.01. The highest BCUT2D eigenvalue weighted by molar-refractivity contribution is 5.75. The molecule has 3 aromatic rings. The highest BCUT2D eigenvalue weighted by atomic mass is 16.2. The van der Waals surface area contributed by atoms with Gasteiger partial charge in [-0.1, -0.05) is 36.4 Å². The first-order chi connectivity index (χ1) is 12.7. The number of aromatic nitrogens is 2. The summed E-state index contributed by atoms with van der Waals surface area (Å²) in [5, 5.41) is 3.03. The fraction of sp³-hybridized carbons (Fsp3) is 0.333. The Kier molecular flexibility index (Phi) is 4.61. The quantitative estimate of drug-likeness (QED) is 0.763. The van der Waals surface area contributed by atoms with E-state index in [1.54, 1.807) is 0 Å². The normalized spacial score (nSPS) is 14.2. The Hall–Kier alpha value is -2.82. The number of hydrogen-bond acceptors (Lipinski definition) is 2. The maximum atomic E-state index is 12.2. The van der Waals surface area contributed by atoms with Gasteiger partial charge in [0.15, 0.2) is 0 Å². The molecule has 0 saturated heterocycles. The van der Waals surface area contributed by atoms with Gasteiger partial charge >= 0.3 is 6.03 Å². The summed E-state index contributed by atoms with van der Waals surface area (Å²) in [5.41, 5.74) is 4.46. The molecule has 1 aliphatic rings. The second-order valence-electron chi connectivity index (χ2n) is 7.04. The van der Waals surface area contributed by atoms with Crippen LogP contribution in [0.2, 0.25) is 0 Å². The van der Waals surface area contributed by atoms with Crippen molar-refractivity contribution in [2.24, 2.45) is 0 Å². The molecule has 0 unspecified atom stereocenters. The van der Waals surface area contributed by atoms with Crippen LogP contribution >= 0.6 is 0 Å². The summed E-state index contributed by atoms with van der Waals surface area (Å²) >= 11 is 0. The van der Waals surface area contributed by atoms with E-state index < -0.39 is 0 Å². The lowest BCUT2D eigenvalue weighted by atomic mass is 9.92. The largest absolute Gasteiger partial charge is 0.334 e.